The fourth-order valence-electron chi connectivity index (χ4n) is 2.23. The van der Waals surface area contributed by atoms with Gasteiger partial charge in [-0.3, -0.25) is 0 Å². The summed E-state index contributed by atoms with van der Waals surface area (Å²) in [7, 11) is 0. The average molecular weight is 324 g/mol. The van der Waals surface area contributed by atoms with Crippen molar-refractivity contribution in [2.24, 2.45) is 4.99 Å². The zero-order chi connectivity index (χ0) is 16.2. The van der Waals surface area contributed by atoms with Gasteiger partial charge in [0, 0.05) is 0 Å². The van der Waals surface area contributed by atoms with E-state index in [1.54, 1.807) is 18.2 Å². The molecule has 2 aromatic rings. The summed E-state index contributed by atoms with van der Waals surface area (Å²) in [6.07, 6.45) is 3.68. The number of halogens is 1. The van der Waals surface area contributed by atoms with Crippen LogP contribution in [0.3, 0.4) is 0 Å². The van der Waals surface area contributed by atoms with Gasteiger partial charge < -0.3 is 4.74 Å². The average Bonchev–Trinajstić information content (AvgIpc) is 2.89. The van der Waals surface area contributed by atoms with Crippen molar-refractivity contribution in [3.05, 3.63) is 88.1 Å². The van der Waals surface area contributed by atoms with Crippen molar-refractivity contribution in [3.8, 4) is 0 Å². The lowest BCUT2D eigenvalue weighted by Crippen LogP contribution is -2.05. The highest BCUT2D eigenvalue weighted by atomic mass is 35.5. The van der Waals surface area contributed by atoms with E-state index >= 15 is 0 Å². The number of hydrogen-bond acceptors (Lipinski definition) is 3. The monoisotopic (exact) mass is 323 g/mol. The number of rotatable bonds is 3. The first-order valence-corrected chi connectivity index (χ1v) is 7.52. The van der Waals surface area contributed by atoms with Gasteiger partial charge in [-0.05, 0) is 36.3 Å². The Hall–Kier alpha value is -2.65. The van der Waals surface area contributed by atoms with Crippen LogP contribution in [0, 0.1) is 0 Å². The minimum Gasteiger partial charge on any atom is -0.402 e. The largest absolute Gasteiger partial charge is 0.402 e. The van der Waals surface area contributed by atoms with Crippen LogP contribution < -0.4 is 0 Å². The molecule has 23 heavy (non-hydrogen) atoms. The molecule has 4 heteroatoms. The maximum absolute atomic E-state index is 12.0. The number of benzene rings is 2. The van der Waals surface area contributed by atoms with Crippen molar-refractivity contribution in [2.75, 3.05) is 0 Å². The number of nitrogens with zero attached hydrogens (tertiary/aromatic N) is 1. The summed E-state index contributed by atoms with van der Waals surface area (Å²) in [5.41, 5.74) is 2.84. The van der Waals surface area contributed by atoms with Crippen molar-refractivity contribution in [1.29, 1.82) is 0 Å². The molecule has 1 heterocycles. The van der Waals surface area contributed by atoms with Gasteiger partial charge in [0.05, 0.1) is 10.6 Å². The summed E-state index contributed by atoms with van der Waals surface area (Å²) in [5, 5.41) is 0.497. The van der Waals surface area contributed by atoms with Crippen molar-refractivity contribution in [3.63, 3.8) is 0 Å². The molecule has 0 saturated heterocycles. The first-order chi connectivity index (χ1) is 11.1. The second-order valence-corrected chi connectivity index (χ2v) is 5.52. The molecule has 114 valence electrons. The number of cyclic esters (lactones) is 1. The van der Waals surface area contributed by atoms with E-state index in [1.807, 2.05) is 55.5 Å². The third-order valence-corrected chi connectivity index (χ3v) is 3.61. The van der Waals surface area contributed by atoms with Crippen LogP contribution in [0.25, 0.3) is 6.08 Å². The van der Waals surface area contributed by atoms with E-state index in [-0.39, 0.29) is 11.6 Å². The van der Waals surface area contributed by atoms with Crippen molar-refractivity contribution in [2.45, 2.75) is 6.92 Å². The molecule has 1 aliphatic heterocycles. The lowest BCUT2D eigenvalue weighted by Gasteiger charge is -2.00. The molecule has 3 nitrogen and oxygen atoms in total. The van der Waals surface area contributed by atoms with E-state index in [2.05, 4.69) is 4.99 Å². The molecule has 0 aromatic heterocycles. The Morgan fingerprint density at radius 2 is 1.78 bits per heavy atom. The molecule has 0 aliphatic carbocycles. The topological polar surface area (TPSA) is 38.7 Å². The SMILES string of the molecule is CC(/C=C1\N=C(c2ccccc2Cl)OC1=O)=C\c1ccccc1. The third kappa shape index (κ3) is 3.58. The quantitative estimate of drug-likeness (QED) is 0.610. The molecular weight excluding hydrogens is 310 g/mol. The Morgan fingerprint density at radius 1 is 1.09 bits per heavy atom. The highest BCUT2D eigenvalue weighted by Crippen LogP contribution is 2.23. The van der Waals surface area contributed by atoms with Gasteiger partial charge in [-0.25, -0.2) is 9.79 Å². The number of carbonyl (C=O) groups excluding carboxylic acids is 1. The summed E-state index contributed by atoms with van der Waals surface area (Å²) < 4.78 is 5.22. The zero-order valence-corrected chi connectivity index (χ0v) is 13.2. The van der Waals surface area contributed by atoms with Gasteiger partial charge in [-0.1, -0.05) is 60.1 Å². The smallest absolute Gasteiger partial charge is 0.363 e. The van der Waals surface area contributed by atoms with E-state index in [1.165, 1.54) is 0 Å². The van der Waals surface area contributed by atoms with Gasteiger partial charge in [0.15, 0.2) is 5.70 Å². The van der Waals surface area contributed by atoms with Crippen molar-refractivity contribution < 1.29 is 9.53 Å². The van der Waals surface area contributed by atoms with Gasteiger partial charge in [0.2, 0.25) is 5.90 Å². The number of ether oxygens (including phenoxy) is 1. The number of allylic oxidation sites excluding steroid dienone is 2. The lowest BCUT2D eigenvalue weighted by molar-refractivity contribution is -0.130. The second kappa shape index (κ2) is 6.63. The Balaban J connectivity index is 1.89. The molecule has 0 radical (unpaired) electrons. The van der Waals surface area contributed by atoms with Gasteiger partial charge in [-0.2, -0.15) is 0 Å². The van der Waals surface area contributed by atoms with Crippen molar-refractivity contribution in [1.82, 2.24) is 0 Å². The Morgan fingerprint density at radius 3 is 2.52 bits per heavy atom. The van der Waals surface area contributed by atoms with E-state index in [0.29, 0.717) is 10.6 Å². The number of aliphatic imine (C=N–C) groups is 1. The van der Waals surface area contributed by atoms with Crippen LogP contribution in [0.4, 0.5) is 0 Å². The van der Waals surface area contributed by atoms with E-state index in [0.717, 1.165) is 11.1 Å². The minimum absolute atomic E-state index is 0.236. The standard InChI is InChI=1S/C19H14ClNO2/c1-13(11-14-7-3-2-4-8-14)12-17-19(22)23-18(21-17)15-9-5-6-10-16(15)20/h2-12H,1H3/b13-11+,17-12-. The highest BCUT2D eigenvalue weighted by Gasteiger charge is 2.25. The minimum atomic E-state index is -0.472. The number of carbonyl (C=O) groups is 1. The zero-order valence-electron chi connectivity index (χ0n) is 12.5. The van der Waals surface area contributed by atoms with Gasteiger partial charge in [-0.15, -0.1) is 0 Å². The molecule has 0 N–H and O–H groups in total. The van der Waals surface area contributed by atoms with E-state index < -0.39 is 5.97 Å². The fraction of sp³-hybridized carbons (Fsp3) is 0.0526. The van der Waals surface area contributed by atoms with Gasteiger partial charge in [0.25, 0.3) is 0 Å². The molecule has 0 unspecified atom stereocenters. The van der Waals surface area contributed by atoms with Gasteiger partial charge in [0.1, 0.15) is 0 Å². The first-order valence-electron chi connectivity index (χ1n) is 7.14. The summed E-state index contributed by atoms with van der Waals surface area (Å²) in [4.78, 5) is 16.2. The second-order valence-electron chi connectivity index (χ2n) is 5.11. The number of esters is 1. The molecule has 0 amide bonds. The predicted molar refractivity (Wildman–Crippen MR) is 92.3 cm³/mol. The predicted octanol–water partition coefficient (Wildman–Crippen LogP) is 4.63. The number of hydrogen-bond donors (Lipinski definition) is 0. The van der Waals surface area contributed by atoms with Crippen LogP contribution in [-0.4, -0.2) is 11.9 Å². The van der Waals surface area contributed by atoms with Crippen LogP contribution in [0.15, 0.2) is 76.9 Å². The highest BCUT2D eigenvalue weighted by molar-refractivity contribution is 6.34. The summed E-state index contributed by atoms with van der Waals surface area (Å²) in [6.45, 7) is 1.91. The Labute approximate surface area is 139 Å². The third-order valence-electron chi connectivity index (χ3n) is 3.28. The van der Waals surface area contributed by atoms with Crippen LogP contribution in [0.2, 0.25) is 5.02 Å². The molecule has 0 bridgehead atoms. The lowest BCUT2D eigenvalue weighted by atomic mass is 10.1. The van der Waals surface area contributed by atoms with Crippen molar-refractivity contribution >= 4 is 29.5 Å². The van der Waals surface area contributed by atoms with Crippen LogP contribution in [0.5, 0.6) is 0 Å². The Bertz CT molecular complexity index is 835. The molecule has 0 saturated carbocycles. The maximum Gasteiger partial charge on any atom is 0.363 e. The summed E-state index contributed by atoms with van der Waals surface area (Å²) >= 11 is 6.11. The van der Waals surface area contributed by atoms with E-state index in [4.69, 9.17) is 16.3 Å². The Kier molecular flexibility index (Phi) is 4.40. The molecular formula is C19H14ClNO2. The summed E-state index contributed by atoms with van der Waals surface area (Å²) in [6, 6.07) is 17.0. The van der Waals surface area contributed by atoms with Crippen LogP contribution >= 0.6 is 11.6 Å². The molecule has 3 rings (SSSR count). The molecule has 0 fully saturated rings. The van der Waals surface area contributed by atoms with Crippen LogP contribution in [0.1, 0.15) is 18.1 Å². The molecule has 0 atom stereocenters. The fourth-order valence-corrected chi connectivity index (χ4v) is 2.45. The van der Waals surface area contributed by atoms with E-state index in [9.17, 15) is 4.79 Å². The first kappa shape index (κ1) is 15.3. The summed E-state index contributed by atoms with van der Waals surface area (Å²) in [5.74, 6) is -0.236. The van der Waals surface area contributed by atoms with Gasteiger partial charge >= 0.3 is 5.97 Å². The molecule has 1 aliphatic rings. The normalized spacial score (nSPS) is 16.4. The molecule has 0 spiro atoms. The van der Waals surface area contributed by atoms with Crippen LogP contribution in [-0.2, 0) is 9.53 Å². The maximum atomic E-state index is 12.0. The molecule has 2 aromatic carbocycles.